The minimum absolute atomic E-state index is 0.210. The first-order valence-electron chi connectivity index (χ1n) is 5.95. The van der Waals surface area contributed by atoms with E-state index in [-0.39, 0.29) is 17.5 Å². The van der Waals surface area contributed by atoms with Crippen LogP contribution >= 0.6 is 0 Å². The molecule has 1 heterocycles. The van der Waals surface area contributed by atoms with Gasteiger partial charge >= 0.3 is 0 Å². The van der Waals surface area contributed by atoms with Gasteiger partial charge in [-0.25, -0.2) is 4.39 Å². The first-order valence-corrected chi connectivity index (χ1v) is 7.26. The second-order valence-corrected chi connectivity index (χ2v) is 5.97. The Bertz CT molecular complexity index is 610. The van der Waals surface area contributed by atoms with Gasteiger partial charge in [0.15, 0.2) is 0 Å². The summed E-state index contributed by atoms with van der Waals surface area (Å²) < 4.78 is 26.9. The van der Waals surface area contributed by atoms with Crippen molar-refractivity contribution in [2.24, 2.45) is 0 Å². The van der Waals surface area contributed by atoms with Crippen LogP contribution < -0.4 is 5.73 Å². The zero-order valence-corrected chi connectivity index (χ0v) is 11.7. The largest absolute Gasteiger partial charge is 0.398 e. The molecule has 0 spiro atoms. The van der Waals surface area contributed by atoms with Crippen LogP contribution in [0.1, 0.15) is 25.6 Å². The topological polar surface area (TPSA) is 60.9 Å². The molecule has 0 saturated carbocycles. The normalized spacial score (nSPS) is 12.8. The number of aromatic nitrogens is 2. The van der Waals surface area contributed by atoms with Crippen molar-refractivity contribution in [1.82, 2.24) is 9.78 Å². The lowest BCUT2D eigenvalue weighted by molar-refractivity contribution is 0.528. The fourth-order valence-corrected chi connectivity index (χ4v) is 2.80. The van der Waals surface area contributed by atoms with Crippen LogP contribution in [0.5, 0.6) is 0 Å². The summed E-state index contributed by atoms with van der Waals surface area (Å²) in [6.07, 6.45) is 1.85. The van der Waals surface area contributed by atoms with Crippen molar-refractivity contribution in [3.05, 3.63) is 42.0 Å². The molecular formula is C13H16FN3OS. The number of benzene rings is 1. The molecule has 0 saturated heterocycles. The maximum Gasteiger partial charge on any atom is 0.125 e. The molecule has 2 rings (SSSR count). The van der Waals surface area contributed by atoms with Crippen LogP contribution in [-0.4, -0.2) is 14.0 Å². The van der Waals surface area contributed by atoms with E-state index in [0.717, 1.165) is 5.69 Å². The molecule has 1 aromatic heterocycles. The van der Waals surface area contributed by atoms with E-state index in [4.69, 9.17) is 5.73 Å². The van der Waals surface area contributed by atoms with Gasteiger partial charge in [-0.2, -0.15) is 5.10 Å². The van der Waals surface area contributed by atoms with Crippen molar-refractivity contribution < 1.29 is 8.60 Å². The summed E-state index contributed by atoms with van der Waals surface area (Å²) in [5, 5.41) is 4.33. The standard InChI is InChI=1S/C13H16FN3OS/c1-9(2)17-6-5-11(16-17)8-19(18)13-4-3-10(14)7-12(13)15/h3-7,9H,8,15H2,1-2H3. The van der Waals surface area contributed by atoms with Crippen LogP contribution in [-0.2, 0) is 16.6 Å². The molecule has 1 unspecified atom stereocenters. The lowest BCUT2D eigenvalue weighted by atomic mass is 10.3. The Balaban J connectivity index is 2.16. The Morgan fingerprint density at radius 2 is 2.16 bits per heavy atom. The zero-order chi connectivity index (χ0) is 14.0. The van der Waals surface area contributed by atoms with Crippen LogP contribution in [0, 0.1) is 5.82 Å². The van der Waals surface area contributed by atoms with Crippen molar-refractivity contribution >= 4 is 16.5 Å². The van der Waals surface area contributed by atoms with Gasteiger partial charge in [0.1, 0.15) is 5.82 Å². The van der Waals surface area contributed by atoms with Crippen molar-refractivity contribution in [1.29, 1.82) is 0 Å². The summed E-state index contributed by atoms with van der Waals surface area (Å²) in [4.78, 5) is 0.445. The molecule has 1 atom stereocenters. The highest BCUT2D eigenvalue weighted by molar-refractivity contribution is 7.84. The van der Waals surface area contributed by atoms with E-state index in [0.29, 0.717) is 4.90 Å². The third-order valence-corrected chi connectivity index (χ3v) is 4.11. The van der Waals surface area contributed by atoms with E-state index in [2.05, 4.69) is 5.10 Å². The maximum absolute atomic E-state index is 12.9. The summed E-state index contributed by atoms with van der Waals surface area (Å²) in [6, 6.07) is 5.99. The second kappa shape index (κ2) is 5.52. The molecule has 1 aromatic carbocycles. The Morgan fingerprint density at radius 3 is 2.74 bits per heavy atom. The number of nitrogens with zero attached hydrogens (tertiary/aromatic N) is 2. The van der Waals surface area contributed by atoms with Gasteiger partial charge in [0.2, 0.25) is 0 Å². The van der Waals surface area contributed by atoms with Crippen LogP contribution in [0.15, 0.2) is 35.4 Å². The fourth-order valence-electron chi connectivity index (χ4n) is 1.68. The molecule has 0 aliphatic rings. The number of halogens is 1. The number of nitrogen functional groups attached to an aromatic ring is 1. The number of anilines is 1. The van der Waals surface area contributed by atoms with Gasteiger partial charge < -0.3 is 5.73 Å². The predicted molar refractivity (Wildman–Crippen MR) is 73.5 cm³/mol. The van der Waals surface area contributed by atoms with Gasteiger partial charge in [-0.1, -0.05) is 0 Å². The Morgan fingerprint density at radius 1 is 1.42 bits per heavy atom. The molecule has 0 radical (unpaired) electrons. The Hall–Kier alpha value is -1.69. The monoisotopic (exact) mass is 281 g/mol. The van der Waals surface area contributed by atoms with E-state index in [1.807, 2.05) is 26.1 Å². The fraction of sp³-hybridized carbons (Fsp3) is 0.308. The van der Waals surface area contributed by atoms with Gasteiger partial charge in [-0.05, 0) is 38.1 Å². The Kier molecular flexibility index (Phi) is 3.99. The number of hydrogen-bond donors (Lipinski definition) is 1. The molecule has 0 fully saturated rings. The van der Waals surface area contributed by atoms with Gasteiger partial charge in [-0.15, -0.1) is 0 Å². The third kappa shape index (κ3) is 3.20. The van der Waals surface area contributed by atoms with E-state index < -0.39 is 16.6 Å². The molecule has 19 heavy (non-hydrogen) atoms. The van der Waals surface area contributed by atoms with Crippen molar-refractivity contribution in [3.8, 4) is 0 Å². The quantitative estimate of drug-likeness (QED) is 0.876. The van der Waals surface area contributed by atoms with E-state index in [1.165, 1.54) is 18.2 Å². The van der Waals surface area contributed by atoms with Crippen molar-refractivity contribution in [2.75, 3.05) is 5.73 Å². The van der Waals surface area contributed by atoms with Gasteiger partial charge in [0.25, 0.3) is 0 Å². The lowest BCUT2D eigenvalue weighted by Gasteiger charge is -2.05. The van der Waals surface area contributed by atoms with Gasteiger partial charge in [-0.3, -0.25) is 8.89 Å². The highest BCUT2D eigenvalue weighted by atomic mass is 32.2. The molecule has 0 aliphatic heterocycles. The number of hydrogen-bond acceptors (Lipinski definition) is 3. The zero-order valence-electron chi connectivity index (χ0n) is 10.8. The summed E-state index contributed by atoms with van der Waals surface area (Å²) in [7, 11) is -1.32. The molecule has 0 bridgehead atoms. The maximum atomic E-state index is 12.9. The molecular weight excluding hydrogens is 265 g/mol. The average Bonchev–Trinajstić information content (AvgIpc) is 2.77. The smallest absolute Gasteiger partial charge is 0.125 e. The summed E-state index contributed by atoms with van der Waals surface area (Å²) in [5.41, 5.74) is 6.61. The molecule has 2 N–H and O–H groups in total. The van der Waals surface area contributed by atoms with E-state index in [9.17, 15) is 8.60 Å². The molecule has 0 aliphatic carbocycles. The first-order chi connectivity index (χ1) is 8.97. The van der Waals surface area contributed by atoms with E-state index >= 15 is 0 Å². The Labute approximate surface area is 113 Å². The predicted octanol–water partition coefficient (Wildman–Crippen LogP) is 2.49. The molecule has 102 valence electrons. The molecule has 2 aromatic rings. The number of rotatable bonds is 4. The molecule has 0 amide bonds. The number of nitrogens with two attached hydrogens (primary N) is 1. The lowest BCUT2D eigenvalue weighted by Crippen LogP contribution is -2.04. The first kappa shape index (κ1) is 13.7. The van der Waals surface area contributed by atoms with E-state index in [1.54, 1.807) is 4.68 Å². The second-order valence-electron chi connectivity index (χ2n) is 4.55. The summed E-state index contributed by atoms with van der Waals surface area (Å²) >= 11 is 0. The van der Waals surface area contributed by atoms with Crippen LogP contribution in [0.2, 0.25) is 0 Å². The van der Waals surface area contributed by atoms with Gasteiger partial charge in [0, 0.05) is 12.2 Å². The van der Waals surface area contributed by atoms with Crippen LogP contribution in [0.3, 0.4) is 0 Å². The average molecular weight is 281 g/mol. The molecule has 4 nitrogen and oxygen atoms in total. The SMILES string of the molecule is CC(C)n1ccc(CS(=O)c2ccc(F)cc2N)n1. The molecule has 6 heteroatoms. The van der Waals surface area contributed by atoms with Crippen molar-refractivity contribution in [3.63, 3.8) is 0 Å². The minimum Gasteiger partial charge on any atom is -0.398 e. The third-order valence-electron chi connectivity index (χ3n) is 2.69. The minimum atomic E-state index is -1.32. The van der Waals surface area contributed by atoms with Crippen molar-refractivity contribution in [2.45, 2.75) is 30.5 Å². The van der Waals surface area contributed by atoms with Crippen LogP contribution in [0.4, 0.5) is 10.1 Å². The highest BCUT2D eigenvalue weighted by Crippen LogP contribution is 2.20. The summed E-state index contributed by atoms with van der Waals surface area (Å²) in [6.45, 7) is 4.04. The van der Waals surface area contributed by atoms with Crippen LogP contribution in [0.25, 0.3) is 0 Å². The summed E-state index contributed by atoms with van der Waals surface area (Å²) in [5.74, 6) is -0.155. The van der Waals surface area contributed by atoms with Gasteiger partial charge in [0.05, 0.1) is 32.8 Å². The highest BCUT2D eigenvalue weighted by Gasteiger charge is 2.12.